The predicted molar refractivity (Wildman–Crippen MR) is 107 cm³/mol. The molecule has 23 heavy (non-hydrogen) atoms. The van der Waals surface area contributed by atoms with E-state index >= 15 is 0 Å². The van der Waals surface area contributed by atoms with Gasteiger partial charge in [-0.25, -0.2) is 0 Å². The molecule has 0 spiro atoms. The van der Waals surface area contributed by atoms with Crippen LogP contribution in [0.1, 0.15) is 55.4 Å². The second-order valence-electron chi connectivity index (χ2n) is 8.08. The van der Waals surface area contributed by atoms with Gasteiger partial charge < -0.3 is 5.32 Å². The first-order valence-electron chi connectivity index (χ1n) is 8.55. The SMILES string of the molecule is CCN(CC)CC1=CC(Cl)=C/C(=C\P(C(C)(C)C)C(C)(C)C)N1. The summed E-state index contributed by atoms with van der Waals surface area (Å²) < 4.78 is 0. The lowest BCUT2D eigenvalue weighted by Gasteiger charge is -2.40. The van der Waals surface area contributed by atoms with Gasteiger partial charge in [-0.2, -0.15) is 0 Å². The highest BCUT2D eigenvalue weighted by Gasteiger charge is 2.33. The maximum atomic E-state index is 6.38. The van der Waals surface area contributed by atoms with Crippen molar-refractivity contribution in [1.82, 2.24) is 10.2 Å². The minimum Gasteiger partial charge on any atom is -0.358 e. The average Bonchev–Trinajstić information content (AvgIpc) is 2.39. The summed E-state index contributed by atoms with van der Waals surface area (Å²) in [6.45, 7) is 21.4. The Hall–Kier alpha value is -0.300. The number of hydrogen-bond donors (Lipinski definition) is 1. The van der Waals surface area contributed by atoms with Gasteiger partial charge in [-0.15, -0.1) is 0 Å². The van der Waals surface area contributed by atoms with E-state index in [1.165, 1.54) is 5.70 Å². The fraction of sp³-hybridized carbons (Fsp3) is 0.684. The standard InChI is InChI=1S/C19H34ClN2P/c1-9-22(10-2)13-16-11-15(20)12-17(21-16)14-23(18(3,4)5)19(6,7)8/h11-12,14,21H,9-10,13H2,1-8H3/b17-14+. The van der Waals surface area contributed by atoms with Gasteiger partial charge in [-0.05, 0) is 41.4 Å². The highest BCUT2D eigenvalue weighted by Crippen LogP contribution is 2.60. The van der Waals surface area contributed by atoms with Crippen LogP contribution in [0.25, 0.3) is 0 Å². The molecule has 1 heterocycles. The van der Waals surface area contributed by atoms with E-state index in [1.54, 1.807) is 0 Å². The molecule has 1 rings (SSSR count). The summed E-state index contributed by atoms with van der Waals surface area (Å²) >= 11 is 6.38. The number of halogens is 1. The molecule has 1 aliphatic rings. The monoisotopic (exact) mass is 356 g/mol. The Morgan fingerprint density at radius 2 is 1.57 bits per heavy atom. The van der Waals surface area contributed by atoms with Gasteiger partial charge in [0.15, 0.2) is 0 Å². The van der Waals surface area contributed by atoms with E-state index < -0.39 is 0 Å². The van der Waals surface area contributed by atoms with Gasteiger partial charge in [-0.1, -0.05) is 74.9 Å². The van der Waals surface area contributed by atoms with Crippen LogP contribution in [0, 0.1) is 0 Å². The number of dihydropyridines is 1. The molecule has 0 amide bonds. The maximum absolute atomic E-state index is 6.38. The third-order valence-corrected chi connectivity index (χ3v) is 7.56. The molecular weight excluding hydrogens is 323 g/mol. The normalized spacial score (nSPS) is 18.3. The first-order valence-corrected chi connectivity index (χ1v) is 10.3. The lowest BCUT2D eigenvalue weighted by atomic mass is 10.2. The molecule has 0 unspecified atom stereocenters. The molecule has 1 N–H and O–H groups in total. The largest absolute Gasteiger partial charge is 0.358 e. The van der Waals surface area contributed by atoms with Crippen LogP contribution in [0.15, 0.2) is 34.4 Å². The Bertz CT molecular complexity index is 474. The van der Waals surface area contributed by atoms with Gasteiger partial charge in [0.05, 0.1) is 0 Å². The van der Waals surface area contributed by atoms with Gasteiger partial charge >= 0.3 is 0 Å². The summed E-state index contributed by atoms with van der Waals surface area (Å²) in [5.74, 6) is 2.42. The number of nitrogens with one attached hydrogen (secondary N) is 1. The molecule has 132 valence electrons. The van der Waals surface area contributed by atoms with E-state index in [-0.39, 0.29) is 18.2 Å². The van der Waals surface area contributed by atoms with E-state index in [2.05, 4.69) is 77.5 Å². The van der Waals surface area contributed by atoms with Crippen molar-refractivity contribution < 1.29 is 0 Å². The van der Waals surface area contributed by atoms with E-state index in [1.807, 2.05) is 6.08 Å². The van der Waals surface area contributed by atoms with Crippen LogP contribution in [0.4, 0.5) is 0 Å². The van der Waals surface area contributed by atoms with Gasteiger partial charge in [0.2, 0.25) is 0 Å². The van der Waals surface area contributed by atoms with Crippen LogP contribution < -0.4 is 5.32 Å². The Kier molecular flexibility index (Phi) is 7.38. The van der Waals surface area contributed by atoms with Gasteiger partial charge in [0.25, 0.3) is 0 Å². The van der Waals surface area contributed by atoms with E-state index in [0.29, 0.717) is 0 Å². The number of allylic oxidation sites excluding steroid dienone is 3. The summed E-state index contributed by atoms with van der Waals surface area (Å²) in [5.41, 5.74) is 2.33. The Morgan fingerprint density at radius 1 is 1.04 bits per heavy atom. The van der Waals surface area contributed by atoms with Gasteiger partial charge in [0.1, 0.15) is 0 Å². The number of nitrogens with zero attached hydrogens (tertiary/aromatic N) is 1. The molecule has 1 aliphatic heterocycles. The molecular formula is C19H34ClN2P. The highest BCUT2D eigenvalue weighted by molar-refractivity contribution is 7.64. The predicted octanol–water partition coefficient (Wildman–Crippen LogP) is 5.86. The van der Waals surface area contributed by atoms with Gasteiger partial charge in [-0.3, -0.25) is 4.90 Å². The van der Waals surface area contributed by atoms with Crippen molar-refractivity contribution in [1.29, 1.82) is 0 Å². The lowest BCUT2D eigenvalue weighted by molar-refractivity contribution is 0.325. The fourth-order valence-corrected chi connectivity index (χ4v) is 6.44. The molecule has 0 atom stereocenters. The molecule has 0 aromatic heterocycles. The average molecular weight is 357 g/mol. The molecule has 4 heteroatoms. The van der Waals surface area contributed by atoms with Crippen molar-refractivity contribution in [2.45, 2.75) is 65.7 Å². The Morgan fingerprint density at radius 3 is 2.00 bits per heavy atom. The topological polar surface area (TPSA) is 15.3 Å². The molecule has 0 aromatic rings. The van der Waals surface area contributed by atoms with Crippen LogP contribution in [-0.4, -0.2) is 34.8 Å². The van der Waals surface area contributed by atoms with Crippen LogP contribution >= 0.6 is 19.5 Å². The highest BCUT2D eigenvalue weighted by atomic mass is 35.5. The Balaban J connectivity index is 3.03. The quantitative estimate of drug-likeness (QED) is 0.621. The smallest absolute Gasteiger partial charge is 0.0444 e. The van der Waals surface area contributed by atoms with Crippen LogP contribution in [0.5, 0.6) is 0 Å². The summed E-state index contributed by atoms with van der Waals surface area (Å²) in [4.78, 5) is 2.39. The third-order valence-electron chi connectivity index (χ3n) is 3.91. The molecule has 2 nitrogen and oxygen atoms in total. The number of rotatable bonds is 5. The van der Waals surface area contributed by atoms with Crippen molar-refractivity contribution in [2.75, 3.05) is 19.6 Å². The first-order chi connectivity index (χ1) is 10.5. The minimum atomic E-state index is -0.300. The zero-order valence-corrected chi connectivity index (χ0v) is 17.8. The van der Waals surface area contributed by atoms with E-state index in [4.69, 9.17) is 11.6 Å². The molecule has 0 saturated heterocycles. The second kappa shape index (κ2) is 8.19. The van der Waals surface area contributed by atoms with Crippen LogP contribution in [0.3, 0.4) is 0 Å². The van der Waals surface area contributed by atoms with Crippen LogP contribution in [-0.2, 0) is 0 Å². The van der Waals surface area contributed by atoms with Crippen molar-refractivity contribution in [3.05, 3.63) is 34.4 Å². The molecule has 0 aromatic carbocycles. The summed E-state index contributed by atoms with van der Waals surface area (Å²) in [5, 5.41) is 4.94. The zero-order valence-electron chi connectivity index (χ0n) is 16.1. The summed E-state index contributed by atoms with van der Waals surface area (Å²) in [7, 11) is -0.300. The van der Waals surface area contributed by atoms with Gasteiger partial charge in [0, 0.05) is 23.0 Å². The van der Waals surface area contributed by atoms with Crippen LogP contribution in [0.2, 0.25) is 0 Å². The second-order valence-corrected chi connectivity index (χ2v) is 12.2. The zero-order chi connectivity index (χ0) is 17.8. The molecule has 0 radical (unpaired) electrons. The van der Waals surface area contributed by atoms with E-state index in [9.17, 15) is 0 Å². The Labute approximate surface area is 149 Å². The molecule has 0 bridgehead atoms. The van der Waals surface area contributed by atoms with Crippen molar-refractivity contribution in [3.8, 4) is 0 Å². The molecule has 0 fully saturated rings. The van der Waals surface area contributed by atoms with Crippen molar-refractivity contribution in [2.24, 2.45) is 0 Å². The minimum absolute atomic E-state index is 0.267. The fourth-order valence-electron chi connectivity index (χ4n) is 2.99. The summed E-state index contributed by atoms with van der Waals surface area (Å²) in [6, 6.07) is 0. The number of likely N-dealkylation sites (N-methyl/N-ethyl adjacent to an activating group) is 1. The summed E-state index contributed by atoms with van der Waals surface area (Å²) in [6.07, 6.45) is 4.10. The molecule has 0 saturated carbocycles. The van der Waals surface area contributed by atoms with Crippen molar-refractivity contribution >= 4 is 19.5 Å². The van der Waals surface area contributed by atoms with Crippen molar-refractivity contribution in [3.63, 3.8) is 0 Å². The maximum Gasteiger partial charge on any atom is 0.0444 e. The third kappa shape index (κ3) is 6.61. The van der Waals surface area contributed by atoms with E-state index in [0.717, 1.165) is 30.4 Å². The molecule has 0 aliphatic carbocycles. The number of hydrogen-bond acceptors (Lipinski definition) is 2. The first kappa shape index (κ1) is 20.7. The lowest BCUT2D eigenvalue weighted by Crippen LogP contribution is -2.31.